The first-order valence-electron chi connectivity index (χ1n) is 5.56. The van der Waals surface area contributed by atoms with E-state index in [1.165, 1.54) is 0 Å². The summed E-state index contributed by atoms with van der Waals surface area (Å²) >= 11 is 5.95. The quantitative estimate of drug-likeness (QED) is 0.883. The monoisotopic (exact) mass is 285 g/mol. The molecule has 0 bridgehead atoms. The Kier molecular flexibility index (Phi) is 3.83. The molecule has 1 nitrogen and oxygen atoms in total. The van der Waals surface area contributed by atoms with Crippen molar-refractivity contribution in [1.29, 1.82) is 0 Å². The molecule has 0 aliphatic heterocycles. The third-order valence-electron chi connectivity index (χ3n) is 2.91. The van der Waals surface area contributed by atoms with E-state index < -0.39 is 23.5 Å². The molecule has 100 valence electrons. The third-order valence-corrected chi connectivity index (χ3v) is 3.32. The number of rotatable bonds is 2. The average Bonchev–Trinajstić information content (AvgIpc) is 2.31. The van der Waals surface area contributed by atoms with Crippen LogP contribution in [0.1, 0.15) is 22.7 Å². The lowest BCUT2D eigenvalue weighted by Crippen LogP contribution is -2.16. The number of hydrogen-bond donors (Lipinski definition) is 1. The van der Waals surface area contributed by atoms with Gasteiger partial charge in [0.25, 0.3) is 0 Å². The molecule has 1 unspecified atom stereocenters. The first-order chi connectivity index (χ1) is 8.90. The fourth-order valence-corrected chi connectivity index (χ4v) is 2.01. The second kappa shape index (κ2) is 5.23. The van der Waals surface area contributed by atoms with E-state index in [-0.39, 0.29) is 5.56 Å². The number of nitrogens with two attached hydrogens (primary N) is 1. The average molecular weight is 286 g/mol. The van der Waals surface area contributed by atoms with Gasteiger partial charge in [-0.1, -0.05) is 23.7 Å². The minimum Gasteiger partial charge on any atom is -0.320 e. The zero-order valence-electron chi connectivity index (χ0n) is 10.1. The summed E-state index contributed by atoms with van der Waals surface area (Å²) in [6.07, 6.45) is 0. The van der Waals surface area contributed by atoms with Gasteiger partial charge >= 0.3 is 0 Å². The summed E-state index contributed by atoms with van der Waals surface area (Å²) in [4.78, 5) is 0. The Morgan fingerprint density at radius 2 is 1.63 bits per heavy atom. The maximum Gasteiger partial charge on any atom is 0.134 e. The minimum atomic E-state index is -1.04. The van der Waals surface area contributed by atoms with Crippen LogP contribution in [0.4, 0.5) is 13.2 Å². The molecular formula is C14H11ClF3N. The van der Waals surface area contributed by atoms with Gasteiger partial charge in [0.15, 0.2) is 0 Å². The molecule has 2 aromatic carbocycles. The molecule has 0 saturated carbocycles. The number of hydrogen-bond acceptors (Lipinski definition) is 1. The second-order valence-electron chi connectivity index (χ2n) is 4.27. The van der Waals surface area contributed by atoms with E-state index in [9.17, 15) is 13.2 Å². The molecule has 0 spiro atoms. The summed E-state index contributed by atoms with van der Waals surface area (Å²) in [5.74, 6) is -3.00. The highest BCUT2D eigenvalue weighted by Crippen LogP contribution is 2.28. The summed E-state index contributed by atoms with van der Waals surface area (Å²) in [5, 5.41) is 0.455. The van der Waals surface area contributed by atoms with E-state index in [1.54, 1.807) is 25.1 Å². The molecule has 2 aromatic rings. The normalized spacial score (nSPS) is 12.5. The van der Waals surface area contributed by atoms with Crippen molar-refractivity contribution < 1.29 is 13.2 Å². The molecule has 0 amide bonds. The van der Waals surface area contributed by atoms with E-state index in [0.717, 1.165) is 5.56 Å². The fraction of sp³-hybridized carbons (Fsp3) is 0.143. The van der Waals surface area contributed by atoms with Crippen LogP contribution in [-0.4, -0.2) is 0 Å². The van der Waals surface area contributed by atoms with Gasteiger partial charge in [-0.15, -0.1) is 0 Å². The fourth-order valence-electron chi connectivity index (χ4n) is 1.82. The maximum atomic E-state index is 13.6. The van der Waals surface area contributed by atoms with E-state index in [0.29, 0.717) is 22.7 Å². The van der Waals surface area contributed by atoms with Crippen LogP contribution in [0.5, 0.6) is 0 Å². The molecule has 0 aliphatic rings. The molecule has 0 saturated heterocycles. The van der Waals surface area contributed by atoms with E-state index in [4.69, 9.17) is 17.3 Å². The Hall–Kier alpha value is -1.52. The van der Waals surface area contributed by atoms with Crippen LogP contribution in [0.2, 0.25) is 5.02 Å². The maximum absolute atomic E-state index is 13.6. The van der Waals surface area contributed by atoms with E-state index >= 15 is 0 Å². The lowest BCUT2D eigenvalue weighted by atomic mass is 9.97. The number of benzene rings is 2. The molecule has 0 heterocycles. The van der Waals surface area contributed by atoms with Crippen molar-refractivity contribution in [2.45, 2.75) is 13.0 Å². The van der Waals surface area contributed by atoms with Gasteiger partial charge in [-0.25, -0.2) is 13.2 Å². The molecule has 0 fully saturated rings. The summed E-state index contributed by atoms with van der Waals surface area (Å²) < 4.78 is 40.1. The van der Waals surface area contributed by atoms with Crippen LogP contribution in [0.15, 0.2) is 30.3 Å². The molecule has 19 heavy (non-hydrogen) atoms. The van der Waals surface area contributed by atoms with Gasteiger partial charge in [0.05, 0.1) is 6.04 Å². The van der Waals surface area contributed by atoms with Gasteiger partial charge in [-0.2, -0.15) is 0 Å². The van der Waals surface area contributed by atoms with Crippen LogP contribution >= 0.6 is 11.6 Å². The second-order valence-corrected chi connectivity index (χ2v) is 4.68. The predicted octanol–water partition coefficient (Wildman–Crippen LogP) is 4.11. The number of aryl methyl sites for hydroxylation is 1. The Bertz CT molecular complexity index is 605. The molecule has 0 radical (unpaired) electrons. The van der Waals surface area contributed by atoms with Crippen LogP contribution in [-0.2, 0) is 0 Å². The zero-order chi connectivity index (χ0) is 14.2. The van der Waals surface area contributed by atoms with Crippen molar-refractivity contribution in [1.82, 2.24) is 0 Å². The van der Waals surface area contributed by atoms with E-state index in [1.807, 2.05) is 0 Å². The summed E-state index contributed by atoms with van der Waals surface area (Å²) in [6.45, 7) is 1.80. The van der Waals surface area contributed by atoms with E-state index in [2.05, 4.69) is 0 Å². The van der Waals surface area contributed by atoms with Gasteiger partial charge in [-0.3, -0.25) is 0 Å². The molecular weight excluding hydrogens is 275 g/mol. The zero-order valence-corrected chi connectivity index (χ0v) is 10.8. The molecule has 2 N–H and O–H groups in total. The van der Waals surface area contributed by atoms with Gasteiger partial charge in [0.1, 0.15) is 17.5 Å². The Labute approximate surface area is 113 Å². The Balaban J connectivity index is 2.49. The van der Waals surface area contributed by atoms with Gasteiger partial charge in [0.2, 0.25) is 0 Å². The highest BCUT2D eigenvalue weighted by Gasteiger charge is 2.20. The van der Waals surface area contributed by atoms with Gasteiger partial charge < -0.3 is 5.73 Å². The molecule has 1 atom stereocenters. The van der Waals surface area contributed by atoms with Crippen molar-refractivity contribution >= 4 is 11.6 Å². The minimum absolute atomic E-state index is 0.374. The Morgan fingerprint density at radius 1 is 1.05 bits per heavy atom. The topological polar surface area (TPSA) is 26.0 Å². The van der Waals surface area contributed by atoms with Crippen molar-refractivity contribution in [3.63, 3.8) is 0 Å². The van der Waals surface area contributed by atoms with Crippen molar-refractivity contribution in [3.05, 3.63) is 69.5 Å². The highest BCUT2D eigenvalue weighted by atomic mass is 35.5. The van der Waals surface area contributed by atoms with Gasteiger partial charge in [0, 0.05) is 22.7 Å². The largest absolute Gasteiger partial charge is 0.320 e. The van der Waals surface area contributed by atoms with Crippen molar-refractivity contribution in [2.24, 2.45) is 5.73 Å². The molecule has 2 rings (SSSR count). The summed E-state index contributed by atoms with van der Waals surface area (Å²) in [6, 6.07) is 5.05. The summed E-state index contributed by atoms with van der Waals surface area (Å²) in [7, 11) is 0. The third kappa shape index (κ3) is 2.74. The van der Waals surface area contributed by atoms with Crippen LogP contribution < -0.4 is 5.73 Å². The SMILES string of the molecule is Cc1ccc(C(N)c2c(F)cc(F)cc2F)cc1Cl. The molecule has 0 aromatic heterocycles. The highest BCUT2D eigenvalue weighted by molar-refractivity contribution is 6.31. The molecule has 5 heteroatoms. The first-order valence-corrected chi connectivity index (χ1v) is 5.94. The lowest BCUT2D eigenvalue weighted by Gasteiger charge is -2.15. The van der Waals surface area contributed by atoms with Crippen molar-refractivity contribution in [3.8, 4) is 0 Å². The van der Waals surface area contributed by atoms with Crippen LogP contribution in [0, 0.1) is 24.4 Å². The predicted molar refractivity (Wildman–Crippen MR) is 68.5 cm³/mol. The molecule has 0 aliphatic carbocycles. The van der Waals surface area contributed by atoms with Crippen molar-refractivity contribution in [2.75, 3.05) is 0 Å². The van der Waals surface area contributed by atoms with Gasteiger partial charge in [-0.05, 0) is 24.1 Å². The van der Waals surface area contributed by atoms with Crippen LogP contribution in [0.25, 0.3) is 0 Å². The first kappa shape index (κ1) is 13.9. The number of halogens is 4. The smallest absolute Gasteiger partial charge is 0.134 e. The standard InChI is InChI=1S/C14H11ClF3N/c1-7-2-3-8(4-10(7)15)14(19)13-11(17)5-9(16)6-12(13)18/h2-6,14H,19H2,1H3. The van der Waals surface area contributed by atoms with Crippen LogP contribution in [0.3, 0.4) is 0 Å². The Morgan fingerprint density at radius 3 is 2.16 bits per heavy atom. The lowest BCUT2D eigenvalue weighted by molar-refractivity contribution is 0.515. The summed E-state index contributed by atoms with van der Waals surface area (Å²) in [5.41, 5.74) is 6.74.